The smallest absolute Gasteiger partial charge is 0.338 e. The largest absolute Gasteiger partial charge is 0.465 e. The summed E-state index contributed by atoms with van der Waals surface area (Å²) in [7, 11) is 3.30. The highest BCUT2D eigenvalue weighted by Crippen LogP contribution is 2.29. The number of hydrogen-bond acceptors (Lipinski definition) is 3. The fourth-order valence-electron chi connectivity index (χ4n) is 1.95. The van der Waals surface area contributed by atoms with Gasteiger partial charge in [0.2, 0.25) is 0 Å². The molecule has 0 saturated heterocycles. The molecule has 1 heterocycles. The number of esters is 1. The molecule has 0 fully saturated rings. The molecule has 0 radical (unpaired) electrons. The molecule has 0 aromatic carbocycles. The van der Waals surface area contributed by atoms with E-state index < -0.39 is 0 Å². The Morgan fingerprint density at radius 3 is 3.00 bits per heavy atom. The van der Waals surface area contributed by atoms with Gasteiger partial charge in [-0.15, -0.1) is 0 Å². The molecule has 0 atom stereocenters. The molecule has 0 amide bonds. The van der Waals surface area contributed by atoms with Crippen LogP contribution in [0.3, 0.4) is 0 Å². The lowest BCUT2D eigenvalue weighted by atomic mass is 9.95. The number of aryl methyl sites for hydroxylation is 2. The fraction of sp³-hybridized carbons (Fsp3) is 0.455. The first kappa shape index (κ1) is 9.96. The molecule has 0 unspecified atom stereocenters. The summed E-state index contributed by atoms with van der Waals surface area (Å²) in [6.45, 7) is 1.97. The second kappa shape index (κ2) is 3.53. The molecule has 0 saturated carbocycles. The number of fused-ring (bicyclic) bond motifs is 1. The summed E-state index contributed by atoms with van der Waals surface area (Å²) >= 11 is 0. The molecule has 4 nitrogen and oxygen atoms in total. The Balaban J connectivity index is 2.54. The highest BCUT2D eigenvalue weighted by Gasteiger charge is 2.24. The van der Waals surface area contributed by atoms with Gasteiger partial charge in [0.1, 0.15) is 0 Å². The number of allylic oxidation sites excluding steroid dienone is 1. The SMILES string of the molecule is COC(=O)C1=CCCc2nn(C)c(C)c21. The summed E-state index contributed by atoms with van der Waals surface area (Å²) in [5.74, 6) is -0.271. The van der Waals surface area contributed by atoms with Gasteiger partial charge in [-0.25, -0.2) is 4.79 Å². The van der Waals surface area contributed by atoms with E-state index in [1.165, 1.54) is 7.11 Å². The lowest BCUT2D eigenvalue weighted by molar-refractivity contribution is -0.133. The van der Waals surface area contributed by atoms with Crippen LogP contribution in [0.1, 0.15) is 23.4 Å². The Kier molecular flexibility index (Phi) is 2.34. The van der Waals surface area contributed by atoms with Crippen molar-refractivity contribution in [3.8, 4) is 0 Å². The van der Waals surface area contributed by atoms with Crippen LogP contribution in [0.25, 0.3) is 5.57 Å². The van der Waals surface area contributed by atoms with Gasteiger partial charge < -0.3 is 4.74 Å². The number of ether oxygens (including phenoxy) is 1. The minimum absolute atomic E-state index is 0.271. The Morgan fingerprint density at radius 2 is 2.33 bits per heavy atom. The van der Waals surface area contributed by atoms with Gasteiger partial charge >= 0.3 is 5.97 Å². The van der Waals surface area contributed by atoms with Crippen LogP contribution >= 0.6 is 0 Å². The summed E-state index contributed by atoms with van der Waals surface area (Å²) in [6, 6.07) is 0. The number of methoxy groups -OCH3 is 1. The average Bonchev–Trinajstić information content (AvgIpc) is 2.54. The van der Waals surface area contributed by atoms with Crippen molar-refractivity contribution in [2.24, 2.45) is 7.05 Å². The van der Waals surface area contributed by atoms with Crippen LogP contribution in [0, 0.1) is 6.92 Å². The van der Waals surface area contributed by atoms with Gasteiger partial charge in [-0.2, -0.15) is 5.10 Å². The van der Waals surface area contributed by atoms with Crippen LogP contribution in [0.5, 0.6) is 0 Å². The minimum atomic E-state index is -0.271. The van der Waals surface area contributed by atoms with Gasteiger partial charge in [0.05, 0.1) is 18.4 Å². The quantitative estimate of drug-likeness (QED) is 0.649. The average molecular weight is 206 g/mol. The number of carbonyl (C=O) groups excluding carboxylic acids is 1. The first-order valence-electron chi connectivity index (χ1n) is 4.96. The van der Waals surface area contributed by atoms with Crippen molar-refractivity contribution in [1.29, 1.82) is 0 Å². The molecule has 0 N–H and O–H groups in total. The predicted molar refractivity (Wildman–Crippen MR) is 56.3 cm³/mol. The molecule has 0 spiro atoms. The predicted octanol–water partition coefficient (Wildman–Crippen LogP) is 1.23. The monoisotopic (exact) mass is 206 g/mol. The van der Waals surface area contributed by atoms with Crippen molar-refractivity contribution in [2.45, 2.75) is 19.8 Å². The summed E-state index contributed by atoms with van der Waals surface area (Å²) in [6.07, 6.45) is 3.69. The van der Waals surface area contributed by atoms with Crippen LogP contribution in [0.2, 0.25) is 0 Å². The van der Waals surface area contributed by atoms with E-state index in [0.29, 0.717) is 5.57 Å². The highest BCUT2D eigenvalue weighted by molar-refractivity contribution is 6.17. The van der Waals surface area contributed by atoms with Crippen molar-refractivity contribution in [3.05, 3.63) is 23.0 Å². The van der Waals surface area contributed by atoms with Crippen LogP contribution in [0.4, 0.5) is 0 Å². The van der Waals surface area contributed by atoms with Crippen molar-refractivity contribution in [2.75, 3.05) is 7.11 Å². The number of carbonyl (C=O) groups is 1. The van der Waals surface area contributed by atoms with Gasteiger partial charge in [0.25, 0.3) is 0 Å². The summed E-state index contributed by atoms with van der Waals surface area (Å²) in [5, 5.41) is 4.39. The summed E-state index contributed by atoms with van der Waals surface area (Å²) in [4.78, 5) is 11.6. The standard InChI is InChI=1S/C11H14N2O2/c1-7-10-8(11(14)15-3)5-4-6-9(10)12-13(7)2/h5H,4,6H2,1-3H3. The molecule has 1 aromatic heterocycles. The molecule has 0 bridgehead atoms. The molecule has 2 rings (SSSR count). The zero-order chi connectivity index (χ0) is 11.0. The van der Waals surface area contributed by atoms with Gasteiger partial charge in [-0.1, -0.05) is 6.08 Å². The highest BCUT2D eigenvalue weighted by atomic mass is 16.5. The number of aromatic nitrogens is 2. The van der Waals surface area contributed by atoms with E-state index in [2.05, 4.69) is 5.10 Å². The molecular formula is C11H14N2O2. The zero-order valence-corrected chi connectivity index (χ0v) is 9.20. The first-order valence-corrected chi connectivity index (χ1v) is 4.96. The Morgan fingerprint density at radius 1 is 1.60 bits per heavy atom. The molecule has 80 valence electrons. The number of nitrogens with zero attached hydrogens (tertiary/aromatic N) is 2. The van der Waals surface area contributed by atoms with E-state index in [1.54, 1.807) is 0 Å². The van der Waals surface area contributed by atoms with Crippen molar-refractivity contribution < 1.29 is 9.53 Å². The van der Waals surface area contributed by atoms with E-state index in [4.69, 9.17) is 4.74 Å². The molecule has 1 aliphatic carbocycles. The van der Waals surface area contributed by atoms with Crippen LogP contribution in [0.15, 0.2) is 6.08 Å². The van der Waals surface area contributed by atoms with Gasteiger partial charge in [0.15, 0.2) is 0 Å². The molecule has 4 heteroatoms. The van der Waals surface area contributed by atoms with Crippen LogP contribution in [-0.4, -0.2) is 22.9 Å². The first-order chi connectivity index (χ1) is 7.15. The summed E-state index contributed by atoms with van der Waals surface area (Å²) < 4.78 is 6.58. The van der Waals surface area contributed by atoms with Crippen molar-refractivity contribution in [3.63, 3.8) is 0 Å². The molecule has 1 aromatic rings. The lowest BCUT2D eigenvalue weighted by Crippen LogP contribution is -2.09. The maximum Gasteiger partial charge on any atom is 0.338 e. The lowest BCUT2D eigenvalue weighted by Gasteiger charge is -2.11. The van der Waals surface area contributed by atoms with Crippen molar-refractivity contribution in [1.82, 2.24) is 9.78 Å². The van der Waals surface area contributed by atoms with E-state index >= 15 is 0 Å². The van der Waals surface area contributed by atoms with Gasteiger partial charge in [-0.3, -0.25) is 4.68 Å². The molecule has 0 aliphatic heterocycles. The third-order valence-corrected chi connectivity index (χ3v) is 2.81. The fourth-order valence-corrected chi connectivity index (χ4v) is 1.95. The second-order valence-corrected chi connectivity index (χ2v) is 3.68. The normalized spacial score (nSPS) is 14.5. The maximum atomic E-state index is 11.6. The van der Waals surface area contributed by atoms with E-state index in [1.807, 2.05) is 24.7 Å². The number of hydrogen-bond donors (Lipinski definition) is 0. The van der Waals surface area contributed by atoms with Gasteiger partial charge in [0, 0.05) is 18.3 Å². The second-order valence-electron chi connectivity index (χ2n) is 3.68. The Bertz CT molecular complexity index is 444. The van der Waals surface area contributed by atoms with Gasteiger partial charge in [-0.05, 0) is 19.8 Å². The van der Waals surface area contributed by atoms with Crippen LogP contribution in [-0.2, 0) is 23.0 Å². The van der Waals surface area contributed by atoms with Crippen molar-refractivity contribution >= 4 is 11.5 Å². The maximum absolute atomic E-state index is 11.6. The molecular weight excluding hydrogens is 192 g/mol. The Hall–Kier alpha value is -1.58. The zero-order valence-electron chi connectivity index (χ0n) is 9.20. The third-order valence-electron chi connectivity index (χ3n) is 2.81. The Labute approximate surface area is 88.5 Å². The summed E-state index contributed by atoms with van der Waals surface area (Å²) in [5.41, 5.74) is 3.62. The van der Waals surface area contributed by atoms with E-state index in [0.717, 1.165) is 29.8 Å². The topological polar surface area (TPSA) is 44.1 Å². The number of rotatable bonds is 1. The van der Waals surface area contributed by atoms with Crippen LogP contribution < -0.4 is 0 Å². The minimum Gasteiger partial charge on any atom is -0.465 e. The molecule has 15 heavy (non-hydrogen) atoms. The van der Waals surface area contributed by atoms with E-state index in [9.17, 15) is 4.79 Å². The van der Waals surface area contributed by atoms with E-state index in [-0.39, 0.29) is 5.97 Å². The molecule has 1 aliphatic rings. The third kappa shape index (κ3) is 1.46.